The van der Waals surface area contributed by atoms with Gasteiger partial charge in [0, 0.05) is 83.3 Å². The van der Waals surface area contributed by atoms with E-state index in [2.05, 4.69) is 94.4 Å². The van der Waals surface area contributed by atoms with Gasteiger partial charge in [0.15, 0.2) is 6.54 Å². The van der Waals surface area contributed by atoms with E-state index >= 15 is 0 Å². The van der Waals surface area contributed by atoms with Crippen LogP contribution in [0.15, 0.2) is 119 Å². The van der Waals surface area contributed by atoms with Gasteiger partial charge in [-0.25, -0.2) is 8.42 Å². The third-order valence-electron chi connectivity index (χ3n) is 10.2. The van der Waals surface area contributed by atoms with Gasteiger partial charge >= 0.3 is 0 Å². The molecule has 0 unspecified atom stereocenters. The van der Waals surface area contributed by atoms with Gasteiger partial charge in [0.05, 0.1) is 11.0 Å². The van der Waals surface area contributed by atoms with E-state index < -0.39 is 10.0 Å². The number of hydrogen-bond donors (Lipinski definition) is 0. The highest BCUT2D eigenvalue weighted by atomic mass is 32.2. The highest BCUT2D eigenvalue weighted by Gasteiger charge is 2.31. The summed E-state index contributed by atoms with van der Waals surface area (Å²) in [6.45, 7) is 2.93. The number of piperidine rings is 1. The number of anilines is 2. The monoisotopic (exact) mass is 638 g/mol. The fourth-order valence-corrected chi connectivity index (χ4v) is 9.56. The van der Waals surface area contributed by atoms with Gasteiger partial charge in [-0.15, -0.1) is 0 Å². The van der Waals surface area contributed by atoms with Crippen molar-refractivity contribution >= 4 is 38.1 Å². The van der Waals surface area contributed by atoms with Crippen molar-refractivity contribution in [1.82, 2.24) is 8.88 Å². The minimum atomic E-state index is -3.70. The maximum absolute atomic E-state index is 14.2. The molecule has 0 bridgehead atoms. The van der Waals surface area contributed by atoms with E-state index in [1.54, 1.807) is 10.4 Å². The van der Waals surface area contributed by atoms with Gasteiger partial charge in [0.1, 0.15) is 11.3 Å². The Labute approximate surface area is 275 Å². The van der Waals surface area contributed by atoms with Crippen LogP contribution in [0.5, 0.6) is 0 Å². The molecule has 0 radical (unpaired) electrons. The molecule has 6 nitrogen and oxygen atoms in total. The highest BCUT2D eigenvalue weighted by molar-refractivity contribution is 7.89. The highest BCUT2D eigenvalue weighted by Crippen LogP contribution is 2.45. The zero-order valence-corrected chi connectivity index (χ0v) is 27.0. The van der Waals surface area contributed by atoms with E-state index in [0.29, 0.717) is 23.5 Å². The first-order valence-electron chi connectivity index (χ1n) is 16.7. The molecule has 1 saturated heterocycles. The summed E-state index contributed by atoms with van der Waals surface area (Å²) in [4.78, 5) is 2.70. The number of sulfonamides is 1. The van der Waals surface area contributed by atoms with Crippen LogP contribution < -0.4 is 14.8 Å². The summed E-state index contributed by atoms with van der Waals surface area (Å²) in [5, 5.41) is 1.96. The van der Waals surface area contributed by atoms with Crippen molar-refractivity contribution in [2.45, 2.75) is 37.0 Å². The molecule has 4 heterocycles. The van der Waals surface area contributed by atoms with E-state index in [1.807, 2.05) is 18.2 Å². The molecule has 4 aromatic carbocycles. The largest absolute Gasteiger partial charge is 0.456 e. The number of hydrogen-bond acceptors (Lipinski definition) is 4. The van der Waals surface area contributed by atoms with Crippen LogP contribution in [0, 0.1) is 0 Å². The van der Waals surface area contributed by atoms with Crippen LogP contribution in [0.25, 0.3) is 33.4 Å². The van der Waals surface area contributed by atoms with Crippen molar-refractivity contribution in [1.29, 1.82) is 0 Å². The van der Waals surface area contributed by atoms with E-state index in [1.165, 1.54) is 22.5 Å². The standard InChI is InChI=1S/C40H36N3O3S/c44-47(45,41-22-8-1-9-23-41)39-15-7-4-12-34(39)40-32-18-16-30(42-24-20-28-10-2-5-13-35(28)42)26-37(32)46-38-27-31(17-19-33(38)40)43-25-21-29-11-3-6-14-36(29)43/h2-7,10-19,26-27H,1,8-9,20-25H2/q+1. The second-order valence-electron chi connectivity index (χ2n) is 12.9. The molecule has 1 aliphatic carbocycles. The smallest absolute Gasteiger partial charge is 0.243 e. The van der Waals surface area contributed by atoms with Crippen LogP contribution >= 0.6 is 0 Å². The van der Waals surface area contributed by atoms with Crippen molar-refractivity contribution in [3.05, 3.63) is 126 Å². The average molecular weight is 639 g/mol. The Morgan fingerprint density at radius 1 is 0.681 bits per heavy atom. The molecule has 0 aromatic heterocycles. The molecule has 234 valence electrons. The summed E-state index contributed by atoms with van der Waals surface area (Å²) in [5.41, 5.74) is 9.43. The van der Waals surface area contributed by atoms with Crippen LogP contribution in [0.1, 0.15) is 30.4 Å². The zero-order valence-electron chi connectivity index (χ0n) is 26.2. The Bertz CT molecular complexity index is 2340. The molecule has 4 aliphatic heterocycles. The Balaban J connectivity index is 1.29. The second-order valence-corrected chi connectivity index (χ2v) is 14.8. The van der Waals surface area contributed by atoms with Crippen LogP contribution in [-0.2, 0) is 22.9 Å². The van der Waals surface area contributed by atoms with Gasteiger partial charge in [-0.1, -0.05) is 61.0 Å². The number of benzene rings is 5. The lowest BCUT2D eigenvalue weighted by Gasteiger charge is -2.27. The van der Waals surface area contributed by atoms with Gasteiger partial charge in [-0.2, -0.15) is 8.88 Å². The Morgan fingerprint density at radius 3 is 2.36 bits per heavy atom. The molecule has 47 heavy (non-hydrogen) atoms. The summed E-state index contributed by atoms with van der Waals surface area (Å²) < 4.78 is 39.3. The van der Waals surface area contributed by atoms with Crippen molar-refractivity contribution in [2.75, 3.05) is 31.1 Å². The summed E-state index contributed by atoms with van der Waals surface area (Å²) in [6, 6.07) is 37.4. The normalized spacial score (nSPS) is 17.7. The van der Waals surface area contributed by atoms with Crippen LogP contribution in [0.4, 0.5) is 17.1 Å². The predicted molar refractivity (Wildman–Crippen MR) is 188 cm³/mol. The van der Waals surface area contributed by atoms with Crippen molar-refractivity contribution < 1.29 is 12.8 Å². The van der Waals surface area contributed by atoms with E-state index in [4.69, 9.17) is 4.42 Å². The fraction of sp³-hybridized carbons (Fsp3) is 0.225. The third-order valence-corrected chi connectivity index (χ3v) is 12.1. The van der Waals surface area contributed by atoms with E-state index in [0.717, 1.165) is 84.1 Å². The van der Waals surface area contributed by atoms with Crippen LogP contribution in [0.3, 0.4) is 0 Å². The molecule has 1 fully saturated rings. The van der Waals surface area contributed by atoms with Gasteiger partial charge in [0.2, 0.25) is 21.1 Å². The second kappa shape index (κ2) is 11.2. The molecule has 9 rings (SSSR count). The fourth-order valence-electron chi connectivity index (χ4n) is 7.85. The molecule has 0 spiro atoms. The molecule has 0 saturated carbocycles. The third kappa shape index (κ3) is 4.71. The molecular weight excluding hydrogens is 603 g/mol. The van der Waals surface area contributed by atoms with Crippen molar-refractivity contribution in [3.63, 3.8) is 0 Å². The van der Waals surface area contributed by atoms with Gasteiger partial charge in [-0.05, 0) is 55.2 Å². The van der Waals surface area contributed by atoms with Crippen molar-refractivity contribution in [2.24, 2.45) is 0 Å². The van der Waals surface area contributed by atoms with E-state index in [9.17, 15) is 8.42 Å². The number of rotatable bonds is 4. The molecule has 5 aliphatic rings. The average Bonchev–Trinajstić information content (AvgIpc) is 3.76. The Kier molecular flexibility index (Phi) is 6.80. The Hall–Kier alpha value is -4.72. The van der Waals surface area contributed by atoms with Crippen LogP contribution in [0.2, 0.25) is 0 Å². The first kappa shape index (κ1) is 28.5. The summed E-state index contributed by atoms with van der Waals surface area (Å²) in [6.07, 6.45) is 4.84. The maximum Gasteiger partial charge on any atom is 0.243 e. The molecule has 4 aromatic rings. The first-order valence-corrected chi connectivity index (χ1v) is 18.1. The first-order chi connectivity index (χ1) is 23.1. The number of para-hydroxylation sites is 2. The van der Waals surface area contributed by atoms with Gasteiger partial charge in [-0.3, -0.25) is 0 Å². The summed E-state index contributed by atoms with van der Waals surface area (Å²) in [7, 11) is -3.70. The molecular formula is C40H36N3O3S+. The lowest BCUT2D eigenvalue weighted by molar-refractivity contribution is 0.347. The molecule has 0 N–H and O–H groups in total. The summed E-state index contributed by atoms with van der Waals surface area (Å²) in [5.74, 6) is 0.735. The zero-order chi connectivity index (χ0) is 31.5. The van der Waals surface area contributed by atoms with Crippen molar-refractivity contribution in [3.8, 4) is 22.5 Å². The minimum Gasteiger partial charge on any atom is -0.456 e. The van der Waals surface area contributed by atoms with Crippen LogP contribution in [-0.4, -0.2) is 38.9 Å². The molecule has 0 atom stereocenters. The predicted octanol–water partition coefficient (Wildman–Crippen LogP) is 7.73. The number of fused-ring (bicyclic) bond motifs is 4. The lowest BCUT2D eigenvalue weighted by atomic mass is 9.93. The quantitative estimate of drug-likeness (QED) is 0.147. The van der Waals surface area contributed by atoms with Gasteiger partial charge < -0.3 is 9.32 Å². The molecule has 7 heteroatoms. The molecule has 0 amide bonds. The SMILES string of the molecule is O=S(=O)(c1ccccc1-c1c2ccc(=[N+]3CCc4ccccc43)cc-2oc2cc(N3CCc4ccccc43)ccc12)N1CCCCC1. The maximum atomic E-state index is 14.2. The topological polar surface area (TPSA) is 56.8 Å². The lowest BCUT2D eigenvalue weighted by Crippen LogP contribution is -2.35. The minimum absolute atomic E-state index is 0.353. The number of nitrogens with zero attached hydrogens (tertiary/aromatic N) is 3. The van der Waals surface area contributed by atoms with Gasteiger partial charge in [0.25, 0.3) is 0 Å². The summed E-state index contributed by atoms with van der Waals surface area (Å²) >= 11 is 0. The van der Waals surface area contributed by atoms with E-state index in [-0.39, 0.29) is 0 Å². The Morgan fingerprint density at radius 2 is 1.47 bits per heavy atom.